The molecule has 5 nitrogen and oxygen atoms in total. The van der Waals surface area contributed by atoms with Gasteiger partial charge in [-0.25, -0.2) is 4.98 Å². The number of ketones is 4. The maximum atomic E-state index is 15.7. The number of nitrogens with zero attached hydrogens (tertiary/aromatic N) is 1. The summed E-state index contributed by atoms with van der Waals surface area (Å²) in [5, 5.41) is 0.868. The molecule has 1 aromatic heterocycles. The van der Waals surface area contributed by atoms with Crippen molar-refractivity contribution in [2.24, 2.45) is 5.92 Å². The molecular weight excluding hydrogens is 679 g/mol. The molecule has 55 heavy (non-hydrogen) atoms. The van der Waals surface area contributed by atoms with Gasteiger partial charge in [0.25, 0.3) is 0 Å². The third-order valence-electron chi connectivity index (χ3n) is 9.94. The van der Waals surface area contributed by atoms with E-state index in [1.165, 1.54) is 0 Å². The Morgan fingerprint density at radius 2 is 0.945 bits per heavy atom. The first-order chi connectivity index (χ1) is 26.8. The van der Waals surface area contributed by atoms with Gasteiger partial charge in [-0.1, -0.05) is 166 Å². The molecule has 0 aliphatic heterocycles. The van der Waals surface area contributed by atoms with E-state index in [1.807, 2.05) is 166 Å². The molecule has 0 radical (unpaired) electrons. The number of benzene rings is 6. The molecule has 0 bridgehead atoms. The quantitative estimate of drug-likeness (QED) is 0.105. The van der Waals surface area contributed by atoms with E-state index in [0.29, 0.717) is 28.6 Å². The lowest BCUT2D eigenvalue weighted by Gasteiger charge is -2.25. The Morgan fingerprint density at radius 3 is 1.44 bits per heavy atom. The van der Waals surface area contributed by atoms with Crippen molar-refractivity contribution in [1.82, 2.24) is 4.98 Å². The molecule has 7 rings (SSSR count). The average molecular weight is 720 g/mol. The molecule has 0 saturated heterocycles. The Morgan fingerprint density at radius 1 is 0.491 bits per heavy atom. The second-order valence-electron chi connectivity index (χ2n) is 14.3. The minimum Gasteiger partial charge on any atom is -0.299 e. The van der Waals surface area contributed by atoms with E-state index in [1.54, 1.807) is 18.2 Å². The van der Waals surface area contributed by atoms with Gasteiger partial charge in [-0.05, 0) is 51.9 Å². The van der Waals surface area contributed by atoms with Crippen LogP contribution in [0.5, 0.6) is 0 Å². The molecule has 0 N–H and O–H groups in total. The molecule has 6 aromatic carbocycles. The summed E-state index contributed by atoms with van der Waals surface area (Å²) in [6, 6.07) is 52.0. The number of pyridine rings is 1. The van der Waals surface area contributed by atoms with Crippen molar-refractivity contribution >= 4 is 34.0 Å². The van der Waals surface area contributed by atoms with Crippen LogP contribution in [0.15, 0.2) is 170 Å². The van der Waals surface area contributed by atoms with Crippen LogP contribution in [0.2, 0.25) is 0 Å². The second kappa shape index (κ2) is 16.6. The highest BCUT2D eigenvalue weighted by Crippen LogP contribution is 2.37. The van der Waals surface area contributed by atoms with Crippen molar-refractivity contribution in [2.75, 3.05) is 0 Å². The molecule has 0 aliphatic rings. The molecule has 270 valence electrons. The summed E-state index contributed by atoms with van der Waals surface area (Å²) in [6.45, 7) is 3.95. The fourth-order valence-corrected chi connectivity index (χ4v) is 7.45. The van der Waals surface area contributed by atoms with Crippen molar-refractivity contribution in [3.63, 3.8) is 0 Å². The van der Waals surface area contributed by atoms with E-state index < -0.39 is 23.4 Å². The van der Waals surface area contributed by atoms with Crippen molar-refractivity contribution in [2.45, 2.75) is 38.5 Å². The van der Waals surface area contributed by atoms with Crippen molar-refractivity contribution < 1.29 is 19.2 Å². The second-order valence-corrected chi connectivity index (χ2v) is 14.3. The lowest BCUT2D eigenvalue weighted by Crippen LogP contribution is -2.26. The van der Waals surface area contributed by atoms with Crippen LogP contribution in [0.4, 0.5) is 0 Å². The summed E-state index contributed by atoms with van der Waals surface area (Å²) in [6.07, 6.45) is 0.232. The third-order valence-corrected chi connectivity index (χ3v) is 9.94. The van der Waals surface area contributed by atoms with Gasteiger partial charge in [0, 0.05) is 34.9 Å². The first-order valence-corrected chi connectivity index (χ1v) is 18.7. The van der Waals surface area contributed by atoms with Gasteiger partial charge in [0.05, 0.1) is 17.4 Å². The number of rotatable bonds is 14. The van der Waals surface area contributed by atoms with Gasteiger partial charge in [0.1, 0.15) is 11.5 Å². The Kier molecular flexibility index (Phi) is 11.1. The lowest BCUT2D eigenvalue weighted by atomic mass is 9.75. The number of aromatic nitrogens is 1. The van der Waals surface area contributed by atoms with Crippen LogP contribution in [-0.2, 0) is 11.2 Å². The summed E-state index contributed by atoms with van der Waals surface area (Å²) < 4.78 is 0. The number of hydrogen-bond acceptors (Lipinski definition) is 5. The molecule has 0 fully saturated rings. The third kappa shape index (κ3) is 8.02. The Bertz CT molecular complexity index is 2400. The Hall–Kier alpha value is -6.59. The van der Waals surface area contributed by atoms with Crippen LogP contribution in [0.1, 0.15) is 96.7 Å². The fourth-order valence-electron chi connectivity index (χ4n) is 7.45. The molecular formula is C50H41NO4. The van der Waals surface area contributed by atoms with Crippen LogP contribution in [-0.4, -0.2) is 28.1 Å². The van der Waals surface area contributed by atoms with E-state index in [-0.39, 0.29) is 46.3 Å². The fraction of sp³-hybridized carbons (Fsp3) is 0.140. The largest absolute Gasteiger partial charge is 0.299 e. The van der Waals surface area contributed by atoms with Crippen LogP contribution in [0, 0.1) is 5.92 Å². The Balaban J connectivity index is 1.54. The number of fused-ring (bicyclic) bond motifs is 1. The zero-order valence-corrected chi connectivity index (χ0v) is 30.9. The molecule has 7 aromatic rings. The molecule has 0 amide bonds. The molecule has 5 heteroatoms. The van der Waals surface area contributed by atoms with Gasteiger partial charge < -0.3 is 0 Å². The molecule has 0 unspecified atom stereocenters. The number of Topliss-reactive ketones (excluding diaryl/α,β-unsaturated/α-hetero) is 3. The van der Waals surface area contributed by atoms with Crippen molar-refractivity contribution in [3.05, 3.63) is 220 Å². The smallest absolute Gasteiger partial charge is 0.212 e. The lowest BCUT2D eigenvalue weighted by molar-refractivity contribution is -0.119. The van der Waals surface area contributed by atoms with Gasteiger partial charge >= 0.3 is 0 Å². The first kappa shape index (κ1) is 36.8. The highest BCUT2D eigenvalue weighted by Gasteiger charge is 2.37. The van der Waals surface area contributed by atoms with Gasteiger partial charge in [-0.2, -0.15) is 0 Å². The van der Waals surface area contributed by atoms with E-state index in [4.69, 9.17) is 4.98 Å². The zero-order valence-electron chi connectivity index (χ0n) is 30.9. The van der Waals surface area contributed by atoms with Crippen LogP contribution in [0.3, 0.4) is 0 Å². The predicted molar refractivity (Wildman–Crippen MR) is 218 cm³/mol. The maximum absolute atomic E-state index is 15.7. The molecule has 0 atom stereocenters. The van der Waals surface area contributed by atoms with Crippen LogP contribution >= 0.6 is 0 Å². The van der Waals surface area contributed by atoms with E-state index in [0.717, 1.165) is 16.5 Å². The molecule has 0 aliphatic carbocycles. The maximum Gasteiger partial charge on any atom is 0.212 e. The topological polar surface area (TPSA) is 81.2 Å². The van der Waals surface area contributed by atoms with Gasteiger partial charge in [0.2, 0.25) is 5.78 Å². The van der Waals surface area contributed by atoms with Crippen molar-refractivity contribution in [3.8, 4) is 0 Å². The summed E-state index contributed by atoms with van der Waals surface area (Å²) in [5.41, 5.74) is 4.22. The van der Waals surface area contributed by atoms with Crippen molar-refractivity contribution in [1.29, 1.82) is 0 Å². The summed E-state index contributed by atoms with van der Waals surface area (Å²) in [7, 11) is 0. The van der Waals surface area contributed by atoms with E-state index in [2.05, 4.69) is 0 Å². The number of carbonyl (C=O) groups is 4. The predicted octanol–water partition coefficient (Wildman–Crippen LogP) is 10.7. The van der Waals surface area contributed by atoms with E-state index in [9.17, 15) is 9.59 Å². The first-order valence-electron chi connectivity index (χ1n) is 18.7. The number of para-hydroxylation sites is 1. The highest BCUT2D eigenvalue weighted by atomic mass is 16.1. The monoisotopic (exact) mass is 719 g/mol. The van der Waals surface area contributed by atoms with Gasteiger partial charge in [0.15, 0.2) is 11.6 Å². The van der Waals surface area contributed by atoms with Gasteiger partial charge in [-0.15, -0.1) is 0 Å². The molecule has 1 heterocycles. The minimum absolute atomic E-state index is 0.00521. The zero-order chi connectivity index (χ0) is 38.3. The number of carbonyl (C=O) groups excluding carboxylic acids is 4. The summed E-state index contributed by atoms with van der Waals surface area (Å²) in [4.78, 5) is 64.7. The average Bonchev–Trinajstić information content (AvgIpc) is 3.21. The number of hydrogen-bond donors (Lipinski definition) is 0. The standard InChI is InChI=1S/C50H41NO4/c1-33(2)31-40(52)32-39-27-29-41(48(53)43-30-28-34-17-15-16-26-42(34)51-43)47(50(55)45(37-22-11-5-12-23-37)38-24-13-6-14-25-38)46(39)49(54)44(35-18-7-3-8-19-35)36-20-9-4-10-21-36/h3-30,33,44-45H,31-32H2,1-2H3. The van der Waals surface area contributed by atoms with Gasteiger partial charge in [-0.3, -0.25) is 19.2 Å². The minimum atomic E-state index is -0.862. The Labute approximate surface area is 321 Å². The summed E-state index contributed by atoms with van der Waals surface area (Å²) >= 11 is 0. The highest BCUT2D eigenvalue weighted by molar-refractivity contribution is 6.23. The van der Waals surface area contributed by atoms with Crippen LogP contribution in [0.25, 0.3) is 10.9 Å². The van der Waals surface area contributed by atoms with Crippen LogP contribution < -0.4 is 0 Å². The SMILES string of the molecule is CC(C)CC(=O)Cc1ccc(C(=O)c2ccc3ccccc3n2)c(C(=O)C(c2ccccc2)c2ccccc2)c1C(=O)C(c1ccccc1)c1ccccc1. The molecule has 0 spiro atoms. The normalized spacial score (nSPS) is 11.3. The van der Waals surface area contributed by atoms with E-state index >= 15 is 9.59 Å². The molecule has 0 saturated carbocycles. The summed E-state index contributed by atoms with van der Waals surface area (Å²) in [5.74, 6) is -2.93.